The topological polar surface area (TPSA) is 55.8 Å². The van der Waals surface area contributed by atoms with Gasteiger partial charge in [-0.3, -0.25) is 0 Å². The van der Waals surface area contributed by atoms with E-state index in [4.69, 9.17) is 9.47 Å². The Kier molecular flexibility index (Phi) is 5.82. The Labute approximate surface area is 163 Å². The average Bonchev–Trinajstić information content (AvgIpc) is 2.97. The Morgan fingerprint density at radius 2 is 1.74 bits per heavy atom. The number of nitrogens with zero attached hydrogens (tertiary/aromatic N) is 1. The Bertz CT molecular complexity index is 815. The lowest BCUT2D eigenvalue weighted by Crippen LogP contribution is -2.38. The van der Waals surface area contributed by atoms with Crippen LogP contribution in [0.1, 0.15) is 25.8 Å². The summed E-state index contributed by atoms with van der Waals surface area (Å²) in [6.07, 6.45) is 0.918. The van der Waals surface area contributed by atoms with Crippen LogP contribution in [0, 0.1) is 24.2 Å². The zero-order valence-corrected chi connectivity index (χ0v) is 17.8. The van der Waals surface area contributed by atoms with Crippen molar-refractivity contribution in [2.24, 2.45) is 17.3 Å². The highest BCUT2D eigenvalue weighted by Gasteiger charge is 2.49. The summed E-state index contributed by atoms with van der Waals surface area (Å²) in [4.78, 5) is 0.371. The van der Waals surface area contributed by atoms with Crippen molar-refractivity contribution in [2.45, 2.75) is 32.1 Å². The maximum atomic E-state index is 13.2. The molecule has 0 spiro atoms. The quantitative estimate of drug-likeness (QED) is 0.696. The van der Waals surface area contributed by atoms with Crippen molar-refractivity contribution in [1.82, 2.24) is 4.31 Å². The van der Waals surface area contributed by atoms with Crippen molar-refractivity contribution in [1.29, 1.82) is 0 Å². The molecule has 27 heavy (non-hydrogen) atoms. The number of methoxy groups -OCH3 is 2. The second-order valence-electron chi connectivity index (χ2n) is 8.29. The molecule has 1 fully saturated rings. The van der Waals surface area contributed by atoms with E-state index in [1.165, 1.54) is 11.1 Å². The average molecular weight is 394 g/mol. The molecule has 1 aromatic rings. The molecule has 0 amide bonds. The minimum Gasteiger partial charge on any atom is -0.384 e. The van der Waals surface area contributed by atoms with Gasteiger partial charge in [-0.15, -0.1) is 0 Å². The second-order valence-corrected chi connectivity index (χ2v) is 10.2. The highest BCUT2D eigenvalue weighted by Crippen LogP contribution is 2.51. The van der Waals surface area contributed by atoms with Gasteiger partial charge in [0, 0.05) is 45.2 Å². The standard InChI is InChI=1S/C21H31NO4S/c1-15-6-8-18(9-7-15)27(23,24)22-11-20-16(2)19(13-26-5)17(12-25-4)10-21(20,3)14-22/h6-9,17,19H,10-14H2,1-5H3. The van der Waals surface area contributed by atoms with Gasteiger partial charge in [0.25, 0.3) is 0 Å². The van der Waals surface area contributed by atoms with Gasteiger partial charge in [-0.05, 0) is 43.9 Å². The Morgan fingerprint density at radius 3 is 2.33 bits per heavy atom. The van der Waals surface area contributed by atoms with Crippen LogP contribution in [0.5, 0.6) is 0 Å². The summed E-state index contributed by atoms with van der Waals surface area (Å²) >= 11 is 0. The number of rotatable bonds is 6. The van der Waals surface area contributed by atoms with Crippen LogP contribution in [-0.2, 0) is 19.5 Å². The summed E-state index contributed by atoms with van der Waals surface area (Å²) in [5, 5.41) is 0. The molecule has 6 heteroatoms. The minimum absolute atomic E-state index is 0.144. The molecule has 0 saturated carbocycles. The van der Waals surface area contributed by atoms with E-state index >= 15 is 0 Å². The molecule has 1 aliphatic carbocycles. The lowest BCUT2D eigenvalue weighted by Gasteiger charge is -2.41. The number of sulfonamides is 1. The number of aryl methyl sites for hydroxylation is 1. The number of benzene rings is 1. The lowest BCUT2D eigenvalue weighted by molar-refractivity contribution is 0.0552. The van der Waals surface area contributed by atoms with Gasteiger partial charge in [0.05, 0.1) is 11.5 Å². The fourth-order valence-corrected chi connectivity index (χ4v) is 6.39. The van der Waals surface area contributed by atoms with Gasteiger partial charge in [-0.1, -0.05) is 30.2 Å². The van der Waals surface area contributed by atoms with E-state index < -0.39 is 10.0 Å². The van der Waals surface area contributed by atoms with Crippen molar-refractivity contribution >= 4 is 10.0 Å². The lowest BCUT2D eigenvalue weighted by atomic mass is 9.65. The monoisotopic (exact) mass is 393 g/mol. The van der Waals surface area contributed by atoms with Crippen LogP contribution in [0.3, 0.4) is 0 Å². The summed E-state index contributed by atoms with van der Waals surface area (Å²) in [7, 11) is -0.0517. The predicted molar refractivity (Wildman–Crippen MR) is 106 cm³/mol. The normalized spacial score (nSPS) is 29.2. The SMILES string of the molecule is COCC1CC2(C)CN(S(=O)(=O)c3ccc(C)cc3)CC2=C(C)C1COC. The Morgan fingerprint density at radius 1 is 1.11 bits per heavy atom. The first-order valence-electron chi connectivity index (χ1n) is 9.48. The highest BCUT2D eigenvalue weighted by molar-refractivity contribution is 7.89. The molecule has 1 saturated heterocycles. The zero-order valence-electron chi connectivity index (χ0n) is 17.0. The van der Waals surface area contributed by atoms with Crippen LogP contribution in [0.2, 0.25) is 0 Å². The molecule has 1 heterocycles. The third-order valence-electron chi connectivity index (χ3n) is 6.29. The van der Waals surface area contributed by atoms with E-state index in [0.717, 1.165) is 12.0 Å². The first-order chi connectivity index (χ1) is 12.7. The molecule has 3 rings (SSSR count). The third kappa shape index (κ3) is 3.73. The summed E-state index contributed by atoms with van der Waals surface area (Å²) in [6, 6.07) is 7.12. The number of hydrogen-bond acceptors (Lipinski definition) is 4. The molecule has 0 N–H and O–H groups in total. The fourth-order valence-electron chi connectivity index (χ4n) is 4.85. The molecule has 150 valence electrons. The molecule has 0 bridgehead atoms. The van der Waals surface area contributed by atoms with Crippen LogP contribution in [0.4, 0.5) is 0 Å². The predicted octanol–water partition coefficient (Wildman–Crippen LogP) is 3.25. The highest BCUT2D eigenvalue weighted by atomic mass is 32.2. The molecule has 1 aliphatic heterocycles. The van der Waals surface area contributed by atoms with Gasteiger partial charge in [-0.25, -0.2) is 8.42 Å². The fraction of sp³-hybridized carbons (Fsp3) is 0.619. The minimum atomic E-state index is -3.50. The number of ether oxygens (including phenoxy) is 2. The number of fused-ring (bicyclic) bond motifs is 1. The maximum absolute atomic E-state index is 13.2. The van der Waals surface area contributed by atoms with Gasteiger partial charge in [0.2, 0.25) is 10.0 Å². The van der Waals surface area contributed by atoms with Crippen LogP contribution in [0.15, 0.2) is 40.3 Å². The van der Waals surface area contributed by atoms with Gasteiger partial charge in [0.15, 0.2) is 0 Å². The molecular formula is C21H31NO4S. The number of hydrogen-bond donors (Lipinski definition) is 0. The van der Waals surface area contributed by atoms with Gasteiger partial charge in [0.1, 0.15) is 0 Å². The Hall–Kier alpha value is -1.21. The molecule has 1 aromatic carbocycles. The van der Waals surface area contributed by atoms with E-state index in [0.29, 0.717) is 37.1 Å². The van der Waals surface area contributed by atoms with E-state index in [-0.39, 0.29) is 11.3 Å². The first-order valence-corrected chi connectivity index (χ1v) is 10.9. The summed E-state index contributed by atoms with van der Waals surface area (Å²) in [5.41, 5.74) is 3.44. The van der Waals surface area contributed by atoms with Crippen LogP contribution in [-0.4, -0.2) is 53.2 Å². The van der Waals surface area contributed by atoms with Crippen molar-refractivity contribution in [3.8, 4) is 0 Å². The molecular weight excluding hydrogens is 362 g/mol. The van der Waals surface area contributed by atoms with Crippen LogP contribution >= 0.6 is 0 Å². The molecule has 5 nitrogen and oxygen atoms in total. The van der Waals surface area contributed by atoms with Crippen LogP contribution in [0.25, 0.3) is 0 Å². The summed E-state index contributed by atoms with van der Waals surface area (Å²) in [6.45, 7) is 8.60. The maximum Gasteiger partial charge on any atom is 0.243 e. The smallest absolute Gasteiger partial charge is 0.243 e. The van der Waals surface area contributed by atoms with E-state index in [1.54, 1.807) is 30.7 Å². The molecule has 3 unspecified atom stereocenters. The van der Waals surface area contributed by atoms with Crippen molar-refractivity contribution < 1.29 is 17.9 Å². The van der Waals surface area contributed by atoms with Crippen molar-refractivity contribution in [2.75, 3.05) is 40.5 Å². The van der Waals surface area contributed by atoms with Gasteiger partial charge < -0.3 is 9.47 Å². The molecule has 2 aliphatic rings. The van der Waals surface area contributed by atoms with Gasteiger partial charge in [-0.2, -0.15) is 4.31 Å². The third-order valence-corrected chi connectivity index (χ3v) is 8.09. The van der Waals surface area contributed by atoms with Crippen molar-refractivity contribution in [3.63, 3.8) is 0 Å². The molecule has 0 radical (unpaired) electrons. The second kappa shape index (κ2) is 7.66. The first kappa shape index (κ1) is 20.5. The van der Waals surface area contributed by atoms with Crippen LogP contribution < -0.4 is 0 Å². The molecule has 3 atom stereocenters. The molecule has 0 aromatic heterocycles. The van der Waals surface area contributed by atoms with Gasteiger partial charge >= 0.3 is 0 Å². The van der Waals surface area contributed by atoms with E-state index in [1.807, 2.05) is 19.1 Å². The summed E-state index contributed by atoms with van der Waals surface area (Å²) in [5.74, 6) is 0.616. The van der Waals surface area contributed by atoms with E-state index in [2.05, 4.69) is 13.8 Å². The van der Waals surface area contributed by atoms with Crippen molar-refractivity contribution in [3.05, 3.63) is 41.0 Å². The largest absolute Gasteiger partial charge is 0.384 e. The Balaban J connectivity index is 1.94. The zero-order chi connectivity index (χ0) is 19.8. The van der Waals surface area contributed by atoms with E-state index in [9.17, 15) is 8.42 Å². The summed E-state index contributed by atoms with van der Waals surface area (Å²) < 4.78 is 39.0.